The molecule has 0 aromatic heterocycles. The SMILES string of the molecule is CN=C(N(C)CCO)N(C#N)C1CCCCC1. The Morgan fingerprint density at radius 1 is 1.41 bits per heavy atom. The van der Waals surface area contributed by atoms with Crippen molar-refractivity contribution in [3.05, 3.63) is 0 Å². The average molecular weight is 238 g/mol. The molecule has 1 fully saturated rings. The number of nitriles is 1. The predicted octanol–water partition coefficient (Wildman–Crippen LogP) is 1.01. The first-order valence-electron chi connectivity index (χ1n) is 6.22. The summed E-state index contributed by atoms with van der Waals surface area (Å²) < 4.78 is 0. The Morgan fingerprint density at radius 3 is 2.53 bits per heavy atom. The summed E-state index contributed by atoms with van der Waals surface area (Å²) in [6.07, 6.45) is 7.98. The number of aliphatic hydroxyl groups excluding tert-OH is 1. The molecule has 96 valence electrons. The molecule has 1 aliphatic rings. The van der Waals surface area contributed by atoms with Crippen molar-refractivity contribution in [3.8, 4) is 6.19 Å². The number of guanidine groups is 1. The molecule has 0 spiro atoms. The summed E-state index contributed by atoms with van der Waals surface area (Å²) in [5.41, 5.74) is 0. The van der Waals surface area contributed by atoms with Gasteiger partial charge in [0.05, 0.1) is 6.61 Å². The number of aliphatic imine (C=N–C) groups is 1. The zero-order chi connectivity index (χ0) is 12.7. The Bertz CT molecular complexity index is 291. The van der Waals surface area contributed by atoms with E-state index in [2.05, 4.69) is 11.2 Å². The molecule has 0 aromatic carbocycles. The minimum atomic E-state index is 0.0689. The molecule has 0 heterocycles. The maximum Gasteiger partial charge on any atom is 0.209 e. The molecule has 0 saturated heterocycles. The second-order valence-corrected chi connectivity index (χ2v) is 4.43. The molecule has 17 heavy (non-hydrogen) atoms. The fraction of sp³-hybridized carbons (Fsp3) is 0.833. The van der Waals surface area contributed by atoms with Crippen molar-refractivity contribution in [2.24, 2.45) is 4.99 Å². The first-order valence-corrected chi connectivity index (χ1v) is 6.22. The lowest BCUT2D eigenvalue weighted by atomic mass is 9.94. The van der Waals surface area contributed by atoms with Crippen LogP contribution in [0.3, 0.4) is 0 Å². The van der Waals surface area contributed by atoms with E-state index < -0.39 is 0 Å². The van der Waals surface area contributed by atoms with E-state index in [1.807, 2.05) is 11.9 Å². The molecule has 1 N–H and O–H groups in total. The van der Waals surface area contributed by atoms with Crippen molar-refractivity contribution >= 4 is 5.96 Å². The van der Waals surface area contributed by atoms with Crippen LogP contribution in [0, 0.1) is 11.5 Å². The standard InChI is InChI=1S/C12H22N4O/c1-14-12(15(2)8-9-17)16(10-13)11-6-4-3-5-7-11/h11,17H,3-9H2,1-2H3. The molecule has 0 aliphatic heterocycles. The highest BCUT2D eigenvalue weighted by Gasteiger charge is 2.25. The molecule has 0 amide bonds. The monoisotopic (exact) mass is 238 g/mol. The molecule has 1 saturated carbocycles. The zero-order valence-corrected chi connectivity index (χ0v) is 10.8. The van der Waals surface area contributed by atoms with Crippen molar-refractivity contribution in [1.29, 1.82) is 5.26 Å². The van der Waals surface area contributed by atoms with Gasteiger partial charge in [-0.15, -0.1) is 0 Å². The molecular weight excluding hydrogens is 216 g/mol. The minimum absolute atomic E-state index is 0.0689. The summed E-state index contributed by atoms with van der Waals surface area (Å²) in [7, 11) is 3.54. The quantitative estimate of drug-likeness (QED) is 0.345. The van der Waals surface area contributed by atoms with Gasteiger partial charge in [-0.05, 0) is 12.8 Å². The van der Waals surface area contributed by atoms with Gasteiger partial charge in [-0.25, -0.2) is 4.90 Å². The van der Waals surface area contributed by atoms with Gasteiger partial charge in [0.2, 0.25) is 5.96 Å². The van der Waals surface area contributed by atoms with Gasteiger partial charge in [-0.2, -0.15) is 5.26 Å². The summed E-state index contributed by atoms with van der Waals surface area (Å²) in [5.74, 6) is 0.661. The van der Waals surface area contributed by atoms with Crippen LogP contribution in [0.15, 0.2) is 4.99 Å². The lowest BCUT2D eigenvalue weighted by molar-refractivity contribution is 0.239. The summed E-state index contributed by atoms with van der Waals surface area (Å²) in [4.78, 5) is 7.72. The Balaban J connectivity index is 2.73. The molecule has 5 nitrogen and oxygen atoms in total. The molecular formula is C12H22N4O. The van der Waals surface area contributed by atoms with Gasteiger partial charge >= 0.3 is 0 Å². The highest BCUT2D eigenvalue weighted by molar-refractivity contribution is 5.81. The van der Waals surface area contributed by atoms with Gasteiger partial charge in [0.25, 0.3) is 0 Å². The first kappa shape index (κ1) is 13.8. The van der Waals surface area contributed by atoms with E-state index in [1.165, 1.54) is 19.3 Å². The number of likely N-dealkylation sites (N-methyl/N-ethyl adjacent to an activating group) is 1. The first-order chi connectivity index (χ1) is 8.24. The number of hydrogen-bond acceptors (Lipinski definition) is 3. The van der Waals surface area contributed by atoms with E-state index >= 15 is 0 Å². The molecule has 0 atom stereocenters. The molecule has 0 aromatic rings. The summed E-state index contributed by atoms with van der Waals surface area (Å²) in [6.45, 7) is 0.566. The highest BCUT2D eigenvalue weighted by atomic mass is 16.3. The van der Waals surface area contributed by atoms with Gasteiger partial charge in [0, 0.05) is 26.7 Å². The van der Waals surface area contributed by atoms with E-state index in [-0.39, 0.29) is 12.6 Å². The van der Waals surface area contributed by atoms with Crippen LogP contribution < -0.4 is 0 Å². The normalized spacial score (nSPS) is 17.6. The lowest BCUT2D eigenvalue weighted by Crippen LogP contribution is -2.46. The molecule has 1 rings (SSSR count). The zero-order valence-electron chi connectivity index (χ0n) is 10.8. The third kappa shape index (κ3) is 3.60. The van der Waals surface area contributed by atoms with E-state index in [4.69, 9.17) is 5.11 Å². The van der Waals surface area contributed by atoms with Gasteiger partial charge in [-0.3, -0.25) is 4.99 Å². The van der Waals surface area contributed by atoms with Crippen LogP contribution in [0.4, 0.5) is 0 Å². The number of aliphatic hydroxyl groups is 1. The second kappa shape index (κ2) is 7.13. The Kier molecular flexibility index (Phi) is 5.78. The smallest absolute Gasteiger partial charge is 0.209 e. The minimum Gasteiger partial charge on any atom is -0.395 e. The number of rotatable bonds is 3. The van der Waals surface area contributed by atoms with Crippen LogP contribution in [-0.4, -0.2) is 54.2 Å². The van der Waals surface area contributed by atoms with E-state index in [0.717, 1.165) is 12.8 Å². The van der Waals surface area contributed by atoms with Crippen molar-refractivity contribution in [2.75, 3.05) is 27.2 Å². The fourth-order valence-corrected chi connectivity index (χ4v) is 2.34. The molecule has 0 unspecified atom stereocenters. The number of hydrogen-bond donors (Lipinski definition) is 1. The van der Waals surface area contributed by atoms with Crippen LogP contribution in [-0.2, 0) is 0 Å². The summed E-state index contributed by atoms with van der Waals surface area (Å²) in [6, 6.07) is 0.272. The highest BCUT2D eigenvalue weighted by Crippen LogP contribution is 2.22. The van der Waals surface area contributed by atoms with Crippen molar-refractivity contribution in [3.63, 3.8) is 0 Å². The third-order valence-corrected chi connectivity index (χ3v) is 3.24. The molecule has 0 radical (unpaired) electrons. The average Bonchev–Trinajstić information content (AvgIpc) is 2.37. The van der Waals surface area contributed by atoms with E-state index in [9.17, 15) is 5.26 Å². The fourth-order valence-electron chi connectivity index (χ4n) is 2.34. The lowest BCUT2D eigenvalue weighted by Gasteiger charge is -2.34. The largest absolute Gasteiger partial charge is 0.395 e. The van der Waals surface area contributed by atoms with Crippen LogP contribution in [0.5, 0.6) is 0 Å². The maximum atomic E-state index is 9.30. The van der Waals surface area contributed by atoms with Crippen LogP contribution >= 0.6 is 0 Å². The van der Waals surface area contributed by atoms with Crippen molar-refractivity contribution in [2.45, 2.75) is 38.1 Å². The molecule has 5 heteroatoms. The Hall–Kier alpha value is -1.28. The summed E-state index contributed by atoms with van der Waals surface area (Å²) in [5, 5.41) is 18.3. The van der Waals surface area contributed by atoms with Gasteiger partial charge in [0.1, 0.15) is 0 Å². The van der Waals surface area contributed by atoms with Crippen molar-refractivity contribution in [1.82, 2.24) is 9.80 Å². The Morgan fingerprint density at radius 2 is 2.06 bits per heavy atom. The van der Waals surface area contributed by atoms with Gasteiger partial charge in [-0.1, -0.05) is 19.3 Å². The predicted molar refractivity (Wildman–Crippen MR) is 67.4 cm³/mol. The van der Waals surface area contributed by atoms with Gasteiger partial charge in [0.15, 0.2) is 6.19 Å². The molecule has 1 aliphatic carbocycles. The van der Waals surface area contributed by atoms with E-state index in [1.54, 1.807) is 11.9 Å². The summed E-state index contributed by atoms with van der Waals surface area (Å²) >= 11 is 0. The number of nitrogens with zero attached hydrogens (tertiary/aromatic N) is 4. The van der Waals surface area contributed by atoms with Crippen LogP contribution in [0.1, 0.15) is 32.1 Å². The van der Waals surface area contributed by atoms with Crippen molar-refractivity contribution < 1.29 is 5.11 Å². The second-order valence-electron chi connectivity index (χ2n) is 4.43. The van der Waals surface area contributed by atoms with Gasteiger partial charge < -0.3 is 10.0 Å². The van der Waals surface area contributed by atoms with Crippen LogP contribution in [0.25, 0.3) is 0 Å². The maximum absolute atomic E-state index is 9.30. The van der Waals surface area contributed by atoms with E-state index in [0.29, 0.717) is 12.5 Å². The Labute approximate surface area is 103 Å². The van der Waals surface area contributed by atoms with Crippen LogP contribution in [0.2, 0.25) is 0 Å². The topological polar surface area (TPSA) is 62.9 Å². The third-order valence-electron chi connectivity index (χ3n) is 3.24. The molecule has 0 bridgehead atoms.